The average molecular weight is 1160 g/mol. The van der Waals surface area contributed by atoms with E-state index in [4.69, 9.17) is 39.6 Å². The minimum atomic E-state index is -0.658. The fraction of sp³-hybridized carbons (Fsp3) is 0.412. The van der Waals surface area contributed by atoms with Crippen LogP contribution in [-0.4, -0.2) is 82.6 Å². The normalized spacial score (nSPS) is 17.9. The molecule has 418 valence electrons. The number of nitrogens with two attached hydrogens (primary N) is 1. The second-order valence-corrected chi connectivity index (χ2v) is 20.5. The summed E-state index contributed by atoms with van der Waals surface area (Å²) in [6, 6.07) is 10.1. The van der Waals surface area contributed by atoms with Gasteiger partial charge in [-0.1, -0.05) is 59.2 Å². The monoisotopic (exact) mass is 1160 g/mol. The van der Waals surface area contributed by atoms with E-state index < -0.39 is 17.0 Å². The summed E-state index contributed by atoms with van der Waals surface area (Å²) < 4.78 is 5.42. The van der Waals surface area contributed by atoms with Crippen molar-refractivity contribution in [1.82, 2.24) is 59.6 Å². The summed E-state index contributed by atoms with van der Waals surface area (Å²) >= 11 is 19.3. The maximum absolute atomic E-state index is 13.0. The van der Waals surface area contributed by atoms with Crippen LogP contribution in [0, 0.1) is 0 Å². The lowest BCUT2D eigenvalue weighted by atomic mass is 9.89. The number of aromatic nitrogens is 9. The van der Waals surface area contributed by atoms with Crippen LogP contribution in [0.2, 0.25) is 15.1 Å². The van der Waals surface area contributed by atoms with Crippen molar-refractivity contribution in [1.29, 1.82) is 0 Å². The Morgan fingerprint density at radius 1 is 0.544 bits per heavy atom. The van der Waals surface area contributed by atoms with Crippen molar-refractivity contribution >= 4 is 99.4 Å². The highest BCUT2D eigenvalue weighted by atomic mass is 35.5. The van der Waals surface area contributed by atoms with Gasteiger partial charge < -0.3 is 41.6 Å². The molecule has 3 spiro atoms. The number of halogens is 4. The molecular weight excluding hydrogens is 1100 g/mol. The summed E-state index contributed by atoms with van der Waals surface area (Å²) in [4.78, 5) is 88.1. The SMILES string of the molecule is CN=c1c(Nc2ccncn2)cc(Cl)c2n1C1(CCCCC1)NC2=O.CON.CON=c1c(Nc2ccncn2)cc(Cl)c2n1C1(CCCCC1)NC2=O.Cl.O=C1NC2(CCCCC2)n2c1c(Cl)cc(Nc1ccncn1)c2=O. The predicted molar refractivity (Wildman–Crippen MR) is 299 cm³/mol. The van der Waals surface area contributed by atoms with Gasteiger partial charge in [0.1, 0.15) is 83.3 Å². The van der Waals surface area contributed by atoms with Crippen LogP contribution in [0.5, 0.6) is 0 Å². The van der Waals surface area contributed by atoms with Crippen LogP contribution in [0.4, 0.5) is 34.5 Å². The van der Waals surface area contributed by atoms with Gasteiger partial charge in [-0.15, -0.1) is 12.4 Å². The molecule has 79 heavy (non-hydrogen) atoms. The third-order valence-electron chi connectivity index (χ3n) is 14.4. The van der Waals surface area contributed by atoms with Gasteiger partial charge in [-0.25, -0.2) is 35.8 Å². The third kappa shape index (κ3) is 11.8. The molecule has 3 aliphatic carbocycles. The van der Waals surface area contributed by atoms with Crippen LogP contribution in [0.3, 0.4) is 0 Å². The van der Waals surface area contributed by atoms with E-state index in [2.05, 4.69) is 82.7 Å². The van der Waals surface area contributed by atoms with E-state index in [0.717, 1.165) is 95.6 Å². The highest BCUT2D eigenvalue weighted by Crippen LogP contribution is 2.42. The highest BCUT2D eigenvalue weighted by Gasteiger charge is 2.48. The van der Waals surface area contributed by atoms with E-state index in [0.29, 0.717) is 61.2 Å². The van der Waals surface area contributed by atoms with Crippen LogP contribution in [0.15, 0.2) is 88.9 Å². The maximum atomic E-state index is 13.0. The Kier molecular flexibility index (Phi) is 18.5. The number of hydrogen-bond donors (Lipinski definition) is 7. The van der Waals surface area contributed by atoms with Crippen molar-refractivity contribution in [3.05, 3.63) is 127 Å². The Morgan fingerprint density at radius 3 is 1.23 bits per heavy atom. The number of hydrogen-bond acceptors (Lipinski definition) is 18. The second-order valence-electron chi connectivity index (χ2n) is 19.3. The molecular formula is C51H60Cl4N18O6. The van der Waals surface area contributed by atoms with Crippen LogP contribution in [0.1, 0.15) is 128 Å². The number of rotatable bonds is 7. The summed E-state index contributed by atoms with van der Waals surface area (Å²) in [5, 5.41) is 23.9. The number of pyridine rings is 3. The molecule has 0 aromatic carbocycles. The van der Waals surface area contributed by atoms with Crippen LogP contribution >= 0.6 is 47.2 Å². The van der Waals surface area contributed by atoms with Crippen molar-refractivity contribution < 1.29 is 24.1 Å². The number of amides is 3. The van der Waals surface area contributed by atoms with Gasteiger partial charge in [0, 0.05) is 25.6 Å². The lowest BCUT2D eigenvalue weighted by Crippen LogP contribution is -2.49. The van der Waals surface area contributed by atoms with Gasteiger partial charge in [-0.3, -0.25) is 37.9 Å². The van der Waals surface area contributed by atoms with Crippen LogP contribution in [0.25, 0.3) is 0 Å². The van der Waals surface area contributed by atoms with Gasteiger partial charge in [0.05, 0.1) is 33.6 Å². The lowest BCUT2D eigenvalue weighted by molar-refractivity contribution is 0.0863. The Bertz CT molecular complexity index is 3390. The molecule has 6 aromatic heterocycles. The molecule has 6 aliphatic rings. The molecule has 3 saturated carbocycles. The Balaban J connectivity index is 0.000000151. The summed E-state index contributed by atoms with van der Waals surface area (Å²) in [6.07, 6.45) is 23.6. The number of fused-ring (bicyclic) bond motifs is 6. The van der Waals surface area contributed by atoms with Crippen molar-refractivity contribution in [2.24, 2.45) is 16.0 Å². The Labute approximate surface area is 474 Å². The molecule has 24 nitrogen and oxygen atoms in total. The maximum Gasteiger partial charge on any atom is 0.276 e. The number of carbonyl (C=O) groups is 3. The van der Waals surface area contributed by atoms with Crippen molar-refractivity contribution in [3.63, 3.8) is 0 Å². The summed E-state index contributed by atoms with van der Waals surface area (Å²) in [5.41, 5.74) is 2.08. The van der Waals surface area contributed by atoms with Gasteiger partial charge >= 0.3 is 0 Å². The van der Waals surface area contributed by atoms with E-state index >= 15 is 0 Å². The quantitative estimate of drug-likeness (QED) is 0.0767. The van der Waals surface area contributed by atoms with Gasteiger partial charge in [0.2, 0.25) is 0 Å². The third-order valence-corrected chi connectivity index (χ3v) is 15.3. The molecule has 3 aliphatic heterocycles. The van der Waals surface area contributed by atoms with Crippen LogP contribution < -0.4 is 54.3 Å². The number of carbonyl (C=O) groups excluding carboxylic acids is 3. The first-order valence-corrected chi connectivity index (χ1v) is 26.6. The Morgan fingerprint density at radius 2 is 0.873 bits per heavy atom. The molecule has 8 N–H and O–H groups in total. The van der Waals surface area contributed by atoms with Gasteiger partial charge in [-0.2, -0.15) is 0 Å². The first kappa shape index (κ1) is 57.9. The van der Waals surface area contributed by atoms with E-state index in [-0.39, 0.29) is 46.4 Å². The molecule has 9 heterocycles. The van der Waals surface area contributed by atoms with Gasteiger partial charge in [0.15, 0.2) is 11.0 Å². The first-order chi connectivity index (χ1) is 37.8. The van der Waals surface area contributed by atoms with E-state index in [9.17, 15) is 19.2 Å². The predicted octanol–water partition coefficient (Wildman–Crippen LogP) is 7.39. The molecule has 0 atom stereocenters. The lowest BCUT2D eigenvalue weighted by Gasteiger charge is -2.36. The van der Waals surface area contributed by atoms with Gasteiger partial charge in [-0.05, 0) is 113 Å². The minimum absolute atomic E-state index is 0. The average Bonchev–Trinajstić information content (AvgIpc) is 3.71. The Hall–Kier alpha value is -7.22. The van der Waals surface area contributed by atoms with E-state index in [1.807, 2.05) is 9.13 Å². The zero-order valence-electron chi connectivity index (χ0n) is 43.5. The number of nitrogens with one attached hydrogen (secondary N) is 6. The molecule has 3 fully saturated rings. The molecule has 0 saturated heterocycles. The molecule has 6 aromatic rings. The van der Waals surface area contributed by atoms with E-state index in [1.54, 1.807) is 60.5 Å². The molecule has 3 amide bonds. The zero-order valence-corrected chi connectivity index (χ0v) is 46.6. The fourth-order valence-corrected chi connectivity index (χ4v) is 12.1. The zero-order chi connectivity index (χ0) is 55.0. The molecule has 0 bridgehead atoms. The molecule has 0 unspecified atom stereocenters. The van der Waals surface area contributed by atoms with Crippen molar-refractivity contribution in [2.75, 3.05) is 37.2 Å². The summed E-state index contributed by atoms with van der Waals surface area (Å²) in [7, 11) is 4.61. The standard InChI is InChI=1S/C17H19ClN6O2.C17H19ClN6O.C16H16ClN5O2.CH5NO.ClH/c1-26-23-15-12(21-13-5-8-19-10-20-13)9-11(18)14-16(25)22-17(24(14)15)6-3-2-4-7-17;1-19-15-12(22-13-5-8-20-10-21-13)9-11(18)14-16(25)23-17(24(14)15)6-3-2-4-7-17;17-10-8-11(20-12-4-7-18-9-19-12)15(24)22-13(10)14(23)21-16(22)5-2-1-3-6-16;1-3-2;/h5,8-10H,2-4,6-7H2,1H3,(H,22,25)(H,19,20,21);5,8-10H,2-4,6-7H2,1H3,(H,23,25)(H,20,21,22);4,7-9H,1-3,5-6H2,(H,21,23)(H,18,19,20);2H2,1H3;1H. The summed E-state index contributed by atoms with van der Waals surface area (Å²) in [6.45, 7) is 0. The van der Waals surface area contributed by atoms with Gasteiger partial charge in [0.25, 0.3) is 23.3 Å². The van der Waals surface area contributed by atoms with Crippen LogP contribution in [-0.2, 0) is 26.7 Å². The smallest absolute Gasteiger partial charge is 0.276 e. The van der Waals surface area contributed by atoms with Crippen molar-refractivity contribution in [2.45, 2.75) is 113 Å². The largest absolute Gasteiger partial charge is 0.397 e. The minimum Gasteiger partial charge on any atom is -0.397 e. The number of nitrogens with zero attached hydrogens (tertiary/aromatic N) is 11. The molecule has 28 heteroatoms. The summed E-state index contributed by atoms with van der Waals surface area (Å²) in [5.74, 6) is 5.48. The topological polar surface area (TPSA) is 302 Å². The second kappa shape index (κ2) is 25.3. The first-order valence-electron chi connectivity index (χ1n) is 25.5. The fourth-order valence-electron chi connectivity index (χ4n) is 11.3. The van der Waals surface area contributed by atoms with Crippen molar-refractivity contribution in [3.8, 4) is 0 Å². The molecule has 0 radical (unpaired) electrons. The molecule has 12 rings (SSSR count). The van der Waals surface area contributed by atoms with E-state index in [1.165, 1.54) is 45.7 Å². The highest BCUT2D eigenvalue weighted by molar-refractivity contribution is 6.35. The number of anilines is 6.